The Labute approximate surface area is 145 Å². The largest absolute Gasteiger partial charge is 0.483 e. The molecule has 0 aliphatic rings. The number of hydrazone groups is 1. The number of hydrogen-bond acceptors (Lipinski definition) is 4. The molecule has 0 atom stereocenters. The van der Waals surface area contributed by atoms with Crippen molar-refractivity contribution in [3.05, 3.63) is 65.7 Å². The molecule has 0 fully saturated rings. The van der Waals surface area contributed by atoms with Crippen LogP contribution < -0.4 is 21.2 Å². The molecule has 24 heavy (non-hydrogen) atoms. The minimum Gasteiger partial charge on any atom is -0.483 e. The first-order valence-electron chi connectivity index (χ1n) is 7.26. The number of nitrogens with one attached hydrogen (secondary N) is 2. The quantitative estimate of drug-likeness (QED) is 0.404. The van der Waals surface area contributed by atoms with E-state index in [1.54, 1.807) is 6.07 Å². The number of amides is 1. The summed E-state index contributed by atoms with van der Waals surface area (Å²) >= 11 is 4.67. The fourth-order valence-corrected chi connectivity index (χ4v) is 1.93. The fourth-order valence-electron chi connectivity index (χ4n) is 1.87. The molecule has 1 amide bonds. The van der Waals surface area contributed by atoms with Gasteiger partial charge in [-0.25, -0.2) is 0 Å². The predicted octanol–water partition coefficient (Wildman–Crippen LogP) is 1.55. The van der Waals surface area contributed by atoms with Gasteiger partial charge < -0.3 is 15.8 Å². The lowest BCUT2D eigenvalue weighted by Gasteiger charge is -2.09. The Balaban J connectivity index is 1.86. The maximum absolute atomic E-state index is 11.9. The van der Waals surface area contributed by atoms with Crippen molar-refractivity contribution in [2.24, 2.45) is 10.8 Å². The lowest BCUT2D eigenvalue weighted by molar-refractivity contribution is -0.123. The second kappa shape index (κ2) is 9.26. The topological polar surface area (TPSA) is 88.7 Å². The summed E-state index contributed by atoms with van der Waals surface area (Å²) in [6.07, 6.45) is 1.52. The van der Waals surface area contributed by atoms with Crippen molar-refractivity contribution in [2.45, 2.75) is 6.54 Å². The molecule has 0 radical (unpaired) electrons. The Bertz CT molecular complexity index is 720. The number of carbonyl (C=O) groups is 1. The van der Waals surface area contributed by atoms with E-state index in [0.717, 1.165) is 5.56 Å². The minimum absolute atomic E-state index is 0.0740. The second-order valence-electron chi connectivity index (χ2n) is 4.82. The molecule has 0 unspecified atom stereocenters. The number of hydrogen-bond donors (Lipinski definition) is 3. The maximum Gasteiger partial charge on any atom is 0.258 e. The maximum atomic E-state index is 11.9. The fraction of sp³-hybridized carbons (Fsp3) is 0.118. The van der Waals surface area contributed by atoms with Crippen LogP contribution >= 0.6 is 12.2 Å². The van der Waals surface area contributed by atoms with Crippen LogP contribution in [-0.2, 0) is 11.3 Å². The molecule has 0 saturated carbocycles. The highest BCUT2D eigenvalue weighted by molar-refractivity contribution is 7.80. The van der Waals surface area contributed by atoms with Gasteiger partial charge in [0.2, 0.25) is 0 Å². The number of benzene rings is 2. The Morgan fingerprint density at radius 2 is 1.88 bits per heavy atom. The van der Waals surface area contributed by atoms with E-state index in [0.29, 0.717) is 17.9 Å². The Kier molecular flexibility index (Phi) is 6.73. The Morgan fingerprint density at radius 3 is 2.62 bits per heavy atom. The van der Waals surface area contributed by atoms with Crippen LogP contribution in [0.5, 0.6) is 5.75 Å². The van der Waals surface area contributed by atoms with Crippen molar-refractivity contribution in [3.63, 3.8) is 0 Å². The van der Waals surface area contributed by atoms with E-state index in [9.17, 15) is 4.79 Å². The summed E-state index contributed by atoms with van der Waals surface area (Å²) in [5, 5.41) is 6.76. The van der Waals surface area contributed by atoms with Crippen molar-refractivity contribution >= 4 is 29.5 Å². The first kappa shape index (κ1) is 17.4. The first-order valence-corrected chi connectivity index (χ1v) is 7.67. The van der Waals surface area contributed by atoms with E-state index in [1.165, 1.54) is 6.21 Å². The third-order valence-electron chi connectivity index (χ3n) is 2.99. The molecule has 0 spiro atoms. The van der Waals surface area contributed by atoms with Crippen LogP contribution in [0, 0.1) is 0 Å². The lowest BCUT2D eigenvalue weighted by atomic mass is 10.2. The van der Waals surface area contributed by atoms with Gasteiger partial charge in [0, 0.05) is 12.1 Å². The molecule has 7 heteroatoms. The number of rotatable bonds is 7. The molecule has 4 N–H and O–H groups in total. The van der Waals surface area contributed by atoms with E-state index in [-0.39, 0.29) is 17.6 Å². The number of ether oxygens (including phenoxy) is 1. The molecule has 0 bridgehead atoms. The van der Waals surface area contributed by atoms with Crippen molar-refractivity contribution in [1.29, 1.82) is 0 Å². The molecule has 0 aromatic heterocycles. The van der Waals surface area contributed by atoms with Crippen molar-refractivity contribution in [1.82, 2.24) is 10.7 Å². The minimum atomic E-state index is -0.202. The predicted molar refractivity (Wildman–Crippen MR) is 97.7 cm³/mol. The van der Waals surface area contributed by atoms with E-state index >= 15 is 0 Å². The molecule has 0 aliphatic heterocycles. The molecule has 0 heterocycles. The van der Waals surface area contributed by atoms with Crippen LogP contribution in [0.15, 0.2) is 59.7 Å². The van der Waals surface area contributed by atoms with Gasteiger partial charge in [-0.15, -0.1) is 0 Å². The van der Waals surface area contributed by atoms with Crippen LogP contribution in [0.25, 0.3) is 0 Å². The highest BCUT2D eigenvalue weighted by Crippen LogP contribution is 2.15. The summed E-state index contributed by atoms with van der Waals surface area (Å²) in [5.74, 6) is 0.340. The highest BCUT2D eigenvalue weighted by Gasteiger charge is 2.05. The molecule has 6 nitrogen and oxygen atoms in total. The number of nitrogens with two attached hydrogens (primary N) is 1. The standard InChI is InChI=1S/C17H18N4O2S/c18-17(24)21-20-11-14-8-4-5-9-15(14)23-12-16(22)19-10-13-6-2-1-3-7-13/h1-9,11H,10,12H2,(H,19,22)(H3,18,21,24). The average Bonchev–Trinajstić information content (AvgIpc) is 2.59. The molecule has 2 rings (SSSR count). The van der Waals surface area contributed by atoms with Gasteiger partial charge in [0.05, 0.1) is 6.21 Å². The van der Waals surface area contributed by atoms with E-state index in [1.807, 2.05) is 48.5 Å². The van der Waals surface area contributed by atoms with Gasteiger partial charge >= 0.3 is 0 Å². The Hall–Kier alpha value is -2.93. The zero-order valence-electron chi connectivity index (χ0n) is 12.9. The number of thiocarbonyl (C=S) groups is 1. The SMILES string of the molecule is NC(=S)NN=Cc1ccccc1OCC(=O)NCc1ccccc1. The van der Waals surface area contributed by atoms with Gasteiger partial charge in [-0.3, -0.25) is 10.2 Å². The van der Waals surface area contributed by atoms with Crippen LogP contribution in [0.2, 0.25) is 0 Å². The van der Waals surface area contributed by atoms with Gasteiger partial charge in [0.1, 0.15) is 5.75 Å². The summed E-state index contributed by atoms with van der Waals surface area (Å²) in [6, 6.07) is 16.9. The van der Waals surface area contributed by atoms with Crippen molar-refractivity contribution in [3.8, 4) is 5.75 Å². The van der Waals surface area contributed by atoms with Gasteiger partial charge in [-0.05, 0) is 29.9 Å². The third kappa shape index (κ3) is 6.05. The van der Waals surface area contributed by atoms with E-state index < -0.39 is 0 Å². The lowest BCUT2D eigenvalue weighted by Crippen LogP contribution is -2.28. The molecular formula is C17H18N4O2S. The van der Waals surface area contributed by atoms with Crippen LogP contribution in [-0.4, -0.2) is 23.8 Å². The normalized spacial score (nSPS) is 10.3. The molecule has 0 aliphatic carbocycles. The summed E-state index contributed by atoms with van der Waals surface area (Å²) in [4.78, 5) is 11.9. The first-order chi connectivity index (χ1) is 11.6. The van der Waals surface area contributed by atoms with Gasteiger partial charge in [0.15, 0.2) is 11.7 Å². The van der Waals surface area contributed by atoms with Crippen LogP contribution in [0.3, 0.4) is 0 Å². The monoisotopic (exact) mass is 342 g/mol. The molecular weight excluding hydrogens is 324 g/mol. The number of para-hydroxylation sites is 1. The molecule has 124 valence electrons. The van der Waals surface area contributed by atoms with E-state index in [2.05, 4.69) is 28.1 Å². The molecule has 0 saturated heterocycles. The van der Waals surface area contributed by atoms with E-state index in [4.69, 9.17) is 10.5 Å². The van der Waals surface area contributed by atoms with Crippen LogP contribution in [0.1, 0.15) is 11.1 Å². The number of nitrogens with zero attached hydrogens (tertiary/aromatic N) is 1. The smallest absolute Gasteiger partial charge is 0.258 e. The summed E-state index contributed by atoms with van der Waals surface area (Å²) < 4.78 is 5.55. The van der Waals surface area contributed by atoms with Gasteiger partial charge in [0.25, 0.3) is 5.91 Å². The van der Waals surface area contributed by atoms with Crippen LogP contribution in [0.4, 0.5) is 0 Å². The zero-order chi connectivity index (χ0) is 17.2. The van der Waals surface area contributed by atoms with Gasteiger partial charge in [-0.1, -0.05) is 42.5 Å². The zero-order valence-corrected chi connectivity index (χ0v) is 13.8. The van der Waals surface area contributed by atoms with Crippen molar-refractivity contribution in [2.75, 3.05) is 6.61 Å². The van der Waals surface area contributed by atoms with Crippen molar-refractivity contribution < 1.29 is 9.53 Å². The third-order valence-corrected chi connectivity index (χ3v) is 3.08. The van der Waals surface area contributed by atoms with Gasteiger partial charge in [-0.2, -0.15) is 5.10 Å². The second-order valence-corrected chi connectivity index (χ2v) is 5.26. The number of carbonyl (C=O) groups excluding carboxylic acids is 1. The summed E-state index contributed by atoms with van der Waals surface area (Å²) in [7, 11) is 0. The summed E-state index contributed by atoms with van der Waals surface area (Å²) in [5.41, 5.74) is 9.50. The Morgan fingerprint density at radius 1 is 1.17 bits per heavy atom. The molecule has 2 aromatic rings. The molecule has 2 aromatic carbocycles. The average molecular weight is 342 g/mol. The highest BCUT2D eigenvalue weighted by atomic mass is 32.1. The summed E-state index contributed by atoms with van der Waals surface area (Å²) in [6.45, 7) is 0.379.